The van der Waals surface area contributed by atoms with Crippen molar-refractivity contribution < 1.29 is 14.6 Å². The first kappa shape index (κ1) is 10.8. The summed E-state index contributed by atoms with van der Waals surface area (Å²) in [5.41, 5.74) is 1.31. The van der Waals surface area contributed by atoms with Crippen molar-refractivity contribution in [3.8, 4) is 11.8 Å². The predicted octanol–water partition coefficient (Wildman–Crippen LogP) is 1.94. The molecule has 5 heteroatoms. The zero-order chi connectivity index (χ0) is 11.5. The number of halogens is 1. The van der Waals surface area contributed by atoms with Crippen molar-refractivity contribution in [3.05, 3.63) is 28.8 Å². The van der Waals surface area contributed by atoms with E-state index in [1.54, 1.807) is 18.2 Å². The first-order valence-corrected chi connectivity index (χ1v) is 4.95. The Kier molecular flexibility index (Phi) is 3.00. The molecule has 0 radical (unpaired) electrons. The second-order valence-corrected chi connectivity index (χ2v) is 3.56. The van der Waals surface area contributed by atoms with E-state index in [1.165, 1.54) is 0 Å². The summed E-state index contributed by atoms with van der Waals surface area (Å²) in [5, 5.41) is 11.7. The van der Waals surface area contributed by atoms with Gasteiger partial charge < -0.3 is 9.84 Å². The third-order valence-corrected chi connectivity index (χ3v) is 2.31. The molecule has 1 aromatic rings. The molecule has 0 bridgehead atoms. The molecule has 0 fully saturated rings. The lowest BCUT2D eigenvalue weighted by atomic mass is 10.1. The first-order chi connectivity index (χ1) is 7.70. The fourth-order valence-electron chi connectivity index (χ4n) is 1.42. The summed E-state index contributed by atoms with van der Waals surface area (Å²) < 4.78 is 4.98. The monoisotopic (exact) mass is 237 g/mol. The van der Waals surface area contributed by atoms with Crippen molar-refractivity contribution in [2.75, 3.05) is 11.9 Å². The maximum absolute atomic E-state index is 11.2. The number of carbonyl (C=O) groups excluding carboxylic acids is 1. The molecule has 1 aliphatic heterocycles. The van der Waals surface area contributed by atoms with Crippen LogP contribution < -0.4 is 5.32 Å². The molecule has 1 heterocycles. The number of fused-ring (bicyclic) bond motifs is 1. The van der Waals surface area contributed by atoms with Gasteiger partial charge in [-0.15, -0.1) is 0 Å². The number of nitrogens with one attached hydrogen (secondary N) is 1. The van der Waals surface area contributed by atoms with Crippen molar-refractivity contribution in [2.45, 2.75) is 6.10 Å². The van der Waals surface area contributed by atoms with Gasteiger partial charge >= 0.3 is 6.09 Å². The molecule has 1 aliphatic rings. The summed E-state index contributed by atoms with van der Waals surface area (Å²) in [6.45, 7) is -0.280. The number of hydrogen-bond acceptors (Lipinski definition) is 3. The standard InChI is InChI=1S/C11H8ClNO3/c12-7-3-4-9-8(6-7)10(2-1-5-14)16-11(15)13-9/h3-4,6,10,14H,5H2,(H,13,15). The average Bonchev–Trinajstić information content (AvgIpc) is 2.26. The Labute approximate surface area is 97.2 Å². The minimum atomic E-state index is -0.686. The molecule has 1 amide bonds. The summed E-state index contributed by atoms with van der Waals surface area (Å²) >= 11 is 5.85. The molecule has 0 aliphatic carbocycles. The van der Waals surface area contributed by atoms with E-state index < -0.39 is 12.2 Å². The minimum absolute atomic E-state index is 0.280. The molecule has 0 spiro atoms. The number of carbonyl (C=O) groups is 1. The number of anilines is 1. The van der Waals surface area contributed by atoms with Crippen molar-refractivity contribution in [1.29, 1.82) is 0 Å². The van der Waals surface area contributed by atoms with Crippen LogP contribution in [0.3, 0.4) is 0 Å². The van der Waals surface area contributed by atoms with E-state index in [4.69, 9.17) is 21.4 Å². The van der Waals surface area contributed by atoms with E-state index in [0.717, 1.165) is 0 Å². The molecule has 1 atom stereocenters. The number of ether oxygens (including phenoxy) is 1. The first-order valence-electron chi connectivity index (χ1n) is 4.57. The highest BCUT2D eigenvalue weighted by atomic mass is 35.5. The molecule has 82 valence electrons. The van der Waals surface area contributed by atoms with Crippen molar-refractivity contribution in [2.24, 2.45) is 0 Å². The van der Waals surface area contributed by atoms with Crippen molar-refractivity contribution in [3.63, 3.8) is 0 Å². The molecule has 2 N–H and O–H groups in total. The van der Waals surface area contributed by atoms with Gasteiger partial charge in [0.15, 0.2) is 6.10 Å². The molecular formula is C11H8ClNO3. The Morgan fingerprint density at radius 3 is 3.12 bits per heavy atom. The maximum Gasteiger partial charge on any atom is 0.413 e. The summed E-state index contributed by atoms with van der Waals surface area (Å²) in [5.74, 6) is 5.10. The number of benzene rings is 1. The SMILES string of the molecule is O=C1Nc2ccc(Cl)cc2C(C#CCO)O1. The second kappa shape index (κ2) is 4.44. The molecule has 1 unspecified atom stereocenters. The molecule has 4 nitrogen and oxygen atoms in total. The highest BCUT2D eigenvalue weighted by molar-refractivity contribution is 6.30. The van der Waals surface area contributed by atoms with Crippen molar-refractivity contribution in [1.82, 2.24) is 0 Å². The lowest BCUT2D eigenvalue weighted by Gasteiger charge is -2.22. The summed E-state index contributed by atoms with van der Waals surface area (Å²) in [6, 6.07) is 5.03. The van der Waals surface area contributed by atoms with Gasteiger partial charge in [-0.1, -0.05) is 23.4 Å². The van der Waals surface area contributed by atoms with Crippen LogP contribution in [0.4, 0.5) is 10.5 Å². The second-order valence-electron chi connectivity index (χ2n) is 3.12. The number of aliphatic hydroxyl groups is 1. The number of amides is 1. The number of aliphatic hydroxyl groups excluding tert-OH is 1. The summed E-state index contributed by atoms with van der Waals surface area (Å²) in [4.78, 5) is 11.2. The molecule has 0 aromatic heterocycles. The van der Waals surface area contributed by atoms with Gasteiger partial charge in [0.2, 0.25) is 0 Å². The van der Waals surface area contributed by atoms with Gasteiger partial charge in [-0.25, -0.2) is 4.79 Å². The molecule has 0 saturated carbocycles. The van der Waals surface area contributed by atoms with Crippen LogP contribution in [0.5, 0.6) is 0 Å². The minimum Gasteiger partial charge on any atom is -0.428 e. The maximum atomic E-state index is 11.2. The Balaban J connectivity index is 2.43. The predicted molar refractivity (Wildman–Crippen MR) is 59.2 cm³/mol. The van der Waals surface area contributed by atoms with E-state index in [9.17, 15) is 4.79 Å². The molecular weight excluding hydrogens is 230 g/mol. The fourth-order valence-corrected chi connectivity index (χ4v) is 1.60. The summed E-state index contributed by atoms with van der Waals surface area (Å²) in [6.07, 6.45) is -1.25. The van der Waals surface area contributed by atoms with Gasteiger partial charge in [0, 0.05) is 10.6 Å². The van der Waals surface area contributed by atoms with Gasteiger partial charge in [-0.2, -0.15) is 0 Å². The number of cyclic esters (lactones) is 1. The van der Waals surface area contributed by atoms with Gasteiger partial charge in [-0.05, 0) is 18.2 Å². The Bertz CT molecular complexity index is 490. The van der Waals surface area contributed by atoms with Gasteiger partial charge in [-0.3, -0.25) is 5.32 Å². The van der Waals surface area contributed by atoms with E-state index in [-0.39, 0.29) is 6.61 Å². The van der Waals surface area contributed by atoms with E-state index in [2.05, 4.69) is 17.2 Å². The molecule has 2 rings (SSSR count). The van der Waals surface area contributed by atoms with Crippen LogP contribution in [0.1, 0.15) is 11.7 Å². The van der Waals surface area contributed by atoms with E-state index >= 15 is 0 Å². The largest absolute Gasteiger partial charge is 0.428 e. The topological polar surface area (TPSA) is 58.6 Å². The van der Waals surface area contributed by atoms with Crippen LogP contribution in [0.15, 0.2) is 18.2 Å². The third kappa shape index (κ3) is 2.11. The number of hydrogen-bond donors (Lipinski definition) is 2. The Morgan fingerprint density at radius 2 is 2.38 bits per heavy atom. The van der Waals surface area contributed by atoms with E-state index in [1.807, 2.05) is 0 Å². The molecule has 16 heavy (non-hydrogen) atoms. The lowest BCUT2D eigenvalue weighted by Crippen LogP contribution is -2.23. The zero-order valence-corrected chi connectivity index (χ0v) is 8.91. The van der Waals surface area contributed by atoms with Crippen LogP contribution in [0.2, 0.25) is 5.02 Å². The van der Waals surface area contributed by atoms with Crippen LogP contribution in [0, 0.1) is 11.8 Å². The molecule has 1 aromatic carbocycles. The fraction of sp³-hybridized carbons (Fsp3) is 0.182. The average molecular weight is 238 g/mol. The van der Waals surface area contributed by atoms with Crippen LogP contribution >= 0.6 is 11.6 Å². The quantitative estimate of drug-likeness (QED) is 0.678. The Hall–Kier alpha value is -1.70. The Morgan fingerprint density at radius 1 is 1.56 bits per heavy atom. The number of rotatable bonds is 0. The molecule has 0 saturated heterocycles. The highest BCUT2D eigenvalue weighted by Crippen LogP contribution is 2.32. The summed E-state index contributed by atoms with van der Waals surface area (Å²) in [7, 11) is 0. The normalized spacial score (nSPS) is 17.6. The van der Waals surface area contributed by atoms with Gasteiger partial charge in [0.25, 0.3) is 0 Å². The van der Waals surface area contributed by atoms with E-state index in [0.29, 0.717) is 16.3 Å². The van der Waals surface area contributed by atoms with Crippen LogP contribution in [0.25, 0.3) is 0 Å². The van der Waals surface area contributed by atoms with Crippen LogP contribution in [-0.4, -0.2) is 17.8 Å². The third-order valence-electron chi connectivity index (χ3n) is 2.07. The van der Waals surface area contributed by atoms with Crippen LogP contribution in [-0.2, 0) is 4.74 Å². The lowest BCUT2D eigenvalue weighted by molar-refractivity contribution is 0.134. The zero-order valence-electron chi connectivity index (χ0n) is 8.16. The smallest absolute Gasteiger partial charge is 0.413 e. The van der Waals surface area contributed by atoms with Gasteiger partial charge in [0.1, 0.15) is 6.61 Å². The van der Waals surface area contributed by atoms with Crippen molar-refractivity contribution >= 4 is 23.4 Å². The highest BCUT2D eigenvalue weighted by Gasteiger charge is 2.24. The van der Waals surface area contributed by atoms with Gasteiger partial charge in [0.05, 0.1) is 5.69 Å².